The van der Waals surface area contributed by atoms with Crippen LogP contribution >= 0.6 is 0 Å². The van der Waals surface area contributed by atoms with Gasteiger partial charge in [-0.25, -0.2) is 4.98 Å². The van der Waals surface area contributed by atoms with E-state index in [1.807, 2.05) is 31.1 Å². The quantitative estimate of drug-likeness (QED) is 0.599. The maximum absolute atomic E-state index is 6.03. The summed E-state index contributed by atoms with van der Waals surface area (Å²) in [6.45, 7) is 0. The molecule has 6 heteroatoms. The summed E-state index contributed by atoms with van der Waals surface area (Å²) in [5.41, 5.74) is 19.5. The van der Waals surface area contributed by atoms with E-state index in [4.69, 9.17) is 17.2 Å². The molecule has 6 nitrogen and oxygen atoms in total. The van der Waals surface area contributed by atoms with Gasteiger partial charge in [-0.3, -0.25) is 0 Å². The first-order chi connectivity index (χ1) is 7.50. The van der Waals surface area contributed by atoms with Crippen molar-refractivity contribution in [3.05, 3.63) is 12.1 Å². The molecular formula is C10H14N6. The van der Waals surface area contributed by atoms with Crippen LogP contribution in [0.3, 0.4) is 0 Å². The van der Waals surface area contributed by atoms with Crippen molar-refractivity contribution >= 4 is 34.0 Å². The number of benzene rings is 1. The fourth-order valence-electron chi connectivity index (χ4n) is 1.68. The lowest BCUT2D eigenvalue weighted by Crippen LogP contribution is -2.12. The van der Waals surface area contributed by atoms with Gasteiger partial charge in [0, 0.05) is 14.1 Å². The fourth-order valence-corrected chi connectivity index (χ4v) is 1.68. The molecule has 0 saturated heterocycles. The third-order valence-corrected chi connectivity index (χ3v) is 2.41. The smallest absolute Gasteiger partial charge is 0.222 e. The van der Waals surface area contributed by atoms with Gasteiger partial charge in [-0.2, -0.15) is 4.98 Å². The van der Waals surface area contributed by atoms with Gasteiger partial charge in [-0.05, 0) is 12.1 Å². The molecule has 0 atom stereocenters. The molecule has 1 aromatic heterocycles. The Morgan fingerprint density at radius 2 is 1.75 bits per heavy atom. The zero-order valence-corrected chi connectivity index (χ0v) is 9.23. The minimum absolute atomic E-state index is 0.155. The van der Waals surface area contributed by atoms with E-state index in [0.717, 1.165) is 5.69 Å². The van der Waals surface area contributed by atoms with Crippen LogP contribution < -0.4 is 22.1 Å². The van der Waals surface area contributed by atoms with Crippen LogP contribution in [0.5, 0.6) is 0 Å². The van der Waals surface area contributed by atoms with Crippen molar-refractivity contribution < 1.29 is 0 Å². The minimum atomic E-state index is 0.155. The van der Waals surface area contributed by atoms with Gasteiger partial charge in [-0.1, -0.05) is 0 Å². The van der Waals surface area contributed by atoms with E-state index >= 15 is 0 Å². The average Bonchev–Trinajstić information content (AvgIpc) is 2.15. The Balaban J connectivity index is 2.84. The van der Waals surface area contributed by atoms with Gasteiger partial charge < -0.3 is 22.1 Å². The van der Waals surface area contributed by atoms with Gasteiger partial charge in [-0.15, -0.1) is 0 Å². The first-order valence-electron chi connectivity index (χ1n) is 4.79. The molecule has 2 aromatic rings. The average molecular weight is 218 g/mol. The topological polar surface area (TPSA) is 107 Å². The highest BCUT2D eigenvalue weighted by Crippen LogP contribution is 2.32. The molecule has 16 heavy (non-hydrogen) atoms. The summed E-state index contributed by atoms with van der Waals surface area (Å²) in [7, 11) is 3.82. The van der Waals surface area contributed by atoms with Gasteiger partial charge in [0.25, 0.3) is 0 Å². The maximum Gasteiger partial charge on any atom is 0.222 e. The van der Waals surface area contributed by atoms with Crippen molar-refractivity contribution in [3.8, 4) is 0 Å². The summed E-state index contributed by atoms with van der Waals surface area (Å²) in [4.78, 5) is 9.90. The third-order valence-electron chi connectivity index (χ3n) is 2.41. The number of fused-ring (bicyclic) bond motifs is 1. The highest BCUT2D eigenvalue weighted by molar-refractivity contribution is 6.03. The number of hydrogen-bond acceptors (Lipinski definition) is 6. The summed E-state index contributed by atoms with van der Waals surface area (Å²) >= 11 is 0. The van der Waals surface area contributed by atoms with Crippen LogP contribution in [0.1, 0.15) is 0 Å². The number of nitrogen functional groups attached to an aromatic ring is 3. The predicted molar refractivity (Wildman–Crippen MR) is 67.1 cm³/mol. The lowest BCUT2D eigenvalue weighted by molar-refractivity contribution is 1.13. The second kappa shape index (κ2) is 3.41. The van der Waals surface area contributed by atoms with Crippen LogP contribution in [0.4, 0.5) is 23.1 Å². The molecule has 0 radical (unpaired) electrons. The number of nitrogens with two attached hydrogens (primary N) is 3. The van der Waals surface area contributed by atoms with Crippen molar-refractivity contribution in [1.82, 2.24) is 9.97 Å². The number of anilines is 4. The predicted octanol–water partition coefficient (Wildman–Crippen LogP) is 0.442. The zero-order chi connectivity index (χ0) is 11.9. The summed E-state index contributed by atoms with van der Waals surface area (Å²) in [6.07, 6.45) is 0. The Morgan fingerprint density at radius 1 is 1.06 bits per heavy atom. The van der Waals surface area contributed by atoms with Gasteiger partial charge in [0.05, 0.1) is 22.3 Å². The van der Waals surface area contributed by atoms with E-state index < -0.39 is 0 Å². The van der Waals surface area contributed by atoms with Crippen molar-refractivity contribution in [1.29, 1.82) is 0 Å². The van der Waals surface area contributed by atoms with Gasteiger partial charge >= 0.3 is 0 Å². The van der Waals surface area contributed by atoms with Crippen molar-refractivity contribution in [2.45, 2.75) is 0 Å². The SMILES string of the molecule is CN(C)c1ccc2nc(N)nc(N)c2c1N. The molecule has 0 spiro atoms. The standard InChI is InChI=1S/C10H14N6/c1-16(2)6-4-3-5-7(8(6)11)9(12)15-10(13)14-5/h3-4H,11H2,1-2H3,(H4,12,13,14,15). The molecule has 1 heterocycles. The molecular weight excluding hydrogens is 204 g/mol. The maximum atomic E-state index is 6.03. The molecule has 0 amide bonds. The van der Waals surface area contributed by atoms with Crippen LogP contribution in [-0.4, -0.2) is 24.1 Å². The van der Waals surface area contributed by atoms with Crippen LogP contribution in [0, 0.1) is 0 Å². The number of rotatable bonds is 1. The molecule has 2 rings (SSSR count). The van der Waals surface area contributed by atoms with Crippen LogP contribution in [-0.2, 0) is 0 Å². The molecule has 84 valence electrons. The molecule has 0 fully saturated rings. The zero-order valence-electron chi connectivity index (χ0n) is 9.23. The second-order valence-corrected chi connectivity index (χ2v) is 3.75. The minimum Gasteiger partial charge on any atom is -0.396 e. The highest BCUT2D eigenvalue weighted by Gasteiger charge is 2.11. The first-order valence-corrected chi connectivity index (χ1v) is 4.79. The van der Waals surface area contributed by atoms with E-state index in [9.17, 15) is 0 Å². The number of nitrogens with zero attached hydrogens (tertiary/aromatic N) is 3. The molecule has 0 aliphatic carbocycles. The normalized spacial score (nSPS) is 10.6. The second-order valence-electron chi connectivity index (χ2n) is 3.75. The first kappa shape index (κ1) is 10.3. The summed E-state index contributed by atoms with van der Waals surface area (Å²) in [6, 6.07) is 3.71. The summed E-state index contributed by atoms with van der Waals surface area (Å²) in [5, 5.41) is 0.653. The molecule has 0 bridgehead atoms. The summed E-state index contributed by atoms with van der Waals surface area (Å²) < 4.78 is 0. The lowest BCUT2D eigenvalue weighted by atomic mass is 10.1. The van der Waals surface area contributed by atoms with Crippen LogP contribution in [0.15, 0.2) is 12.1 Å². The molecule has 0 unspecified atom stereocenters. The van der Waals surface area contributed by atoms with E-state index in [0.29, 0.717) is 22.4 Å². The Kier molecular flexibility index (Phi) is 2.19. The van der Waals surface area contributed by atoms with Crippen molar-refractivity contribution in [3.63, 3.8) is 0 Å². The van der Waals surface area contributed by atoms with Gasteiger partial charge in [0.2, 0.25) is 5.95 Å². The van der Waals surface area contributed by atoms with Crippen LogP contribution in [0.2, 0.25) is 0 Å². The Bertz CT molecular complexity index is 548. The highest BCUT2D eigenvalue weighted by atomic mass is 15.1. The molecule has 1 aromatic carbocycles. The summed E-state index contributed by atoms with van der Waals surface area (Å²) in [5.74, 6) is 0.464. The van der Waals surface area contributed by atoms with E-state index in [1.54, 1.807) is 0 Å². The molecule has 6 N–H and O–H groups in total. The van der Waals surface area contributed by atoms with Crippen molar-refractivity contribution in [2.75, 3.05) is 36.2 Å². The Hall–Kier alpha value is -2.24. The Labute approximate surface area is 93.1 Å². The van der Waals surface area contributed by atoms with E-state index in [2.05, 4.69) is 9.97 Å². The monoisotopic (exact) mass is 218 g/mol. The van der Waals surface area contributed by atoms with Gasteiger partial charge in [0.1, 0.15) is 5.82 Å². The molecule has 0 aliphatic rings. The fraction of sp³-hybridized carbons (Fsp3) is 0.200. The molecule has 0 saturated carbocycles. The largest absolute Gasteiger partial charge is 0.396 e. The van der Waals surface area contributed by atoms with E-state index in [1.165, 1.54) is 0 Å². The Morgan fingerprint density at radius 3 is 2.38 bits per heavy atom. The van der Waals surface area contributed by atoms with E-state index in [-0.39, 0.29) is 5.95 Å². The lowest BCUT2D eigenvalue weighted by Gasteiger charge is -2.17. The van der Waals surface area contributed by atoms with Crippen molar-refractivity contribution in [2.24, 2.45) is 0 Å². The molecule has 0 aliphatic heterocycles. The van der Waals surface area contributed by atoms with Crippen LogP contribution in [0.25, 0.3) is 10.9 Å². The number of aromatic nitrogens is 2. The third kappa shape index (κ3) is 1.44. The number of hydrogen-bond donors (Lipinski definition) is 3. The van der Waals surface area contributed by atoms with Gasteiger partial charge in [0.15, 0.2) is 0 Å².